The molecule has 4 heteroatoms. The van der Waals surface area contributed by atoms with Crippen molar-refractivity contribution in [2.75, 3.05) is 0 Å². The Morgan fingerprint density at radius 1 is 1.28 bits per heavy atom. The van der Waals surface area contributed by atoms with Gasteiger partial charge in [-0.15, -0.1) is 0 Å². The van der Waals surface area contributed by atoms with Crippen LogP contribution in [-0.4, -0.2) is 13.7 Å². The van der Waals surface area contributed by atoms with E-state index < -0.39 is 21.0 Å². The summed E-state index contributed by atoms with van der Waals surface area (Å²) in [6.07, 6.45) is 2.91. The van der Waals surface area contributed by atoms with Gasteiger partial charge >= 0.3 is 0 Å². The lowest BCUT2D eigenvalue weighted by atomic mass is 9.90. The van der Waals surface area contributed by atoms with Gasteiger partial charge in [-0.1, -0.05) is 29.8 Å². The van der Waals surface area contributed by atoms with Crippen LogP contribution >= 0.6 is 0 Å². The summed E-state index contributed by atoms with van der Waals surface area (Å²) in [7, 11) is -3.41. The number of hydrogen-bond acceptors (Lipinski definition) is 3. The molecular weight excluding hydrogens is 246 g/mol. The van der Waals surface area contributed by atoms with E-state index in [4.69, 9.17) is 5.26 Å². The maximum absolute atomic E-state index is 12.5. The first-order valence-electron chi connectivity index (χ1n) is 5.90. The summed E-state index contributed by atoms with van der Waals surface area (Å²) in [5.74, 6) is -0.444. The molecule has 0 N–H and O–H groups in total. The van der Waals surface area contributed by atoms with Gasteiger partial charge < -0.3 is 0 Å². The predicted molar refractivity (Wildman–Crippen MR) is 69.5 cm³/mol. The molecule has 0 amide bonds. The van der Waals surface area contributed by atoms with E-state index >= 15 is 0 Å². The molecule has 18 heavy (non-hydrogen) atoms. The number of rotatable bonds is 2. The van der Waals surface area contributed by atoms with E-state index in [0.717, 1.165) is 5.57 Å². The molecular formula is C14H15NO2S. The minimum absolute atomic E-state index is 0.309. The van der Waals surface area contributed by atoms with Crippen LogP contribution < -0.4 is 0 Å². The Hall–Kier alpha value is -1.60. The Morgan fingerprint density at radius 3 is 2.56 bits per heavy atom. The molecule has 1 aromatic rings. The first-order chi connectivity index (χ1) is 8.55. The van der Waals surface area contributed by atoms with E-state index in [1.807, 2.05) is 13.0 Å². The van der Waals surface area contributed by atoms with Crippen LogP contribution in [0.3, 0.4) is 0 Å². The van der Waals surface area contributed by atoms with Crippen molar-refractivity contribution < 1.29 is 8.42 Å². The minimum Gasteiger partial charge on any atom is -0.223 e. The Kier molecular flexibility index (Phi) is 3.53. The van der Waals surface area contributed by atoms with E-state index in [0.29, 0.717) is 17.7 Å². The third-order valence-corrected chi connectivity index (χ3v) is 5.57. The Bertz CT molecular complexity index is 596. The lowest BCUT2D eigenvalue weighted by molar-refractivity contribution is 0.524. The molecule has 0 saturated heterocycles. The molecule has 0 spiro atoms. The second-order valence-corrected chi connectivity index (χ2v) is 6.79. The zero-order valence-electron chi connectivity index (χ0n) is 10.2. The average molecular weight is 261 g/mol. The van der Waals surface area contributed by atoms with E-state index in [1.54, 1.807) is 30.3 Å². The van der Waals surface area contributed by atoms with Crippen molar-refractivity contribution in [1.29, 1.82) is 5.26 Å². The van der Waals surface area contributed by atoms with Crippen molar-refractivity contribution in [1.82, 2.24) is 0 Å². The number of nitrogens with zero attached hydrogens (tertiary/aromatic N) is 1. The number of allylic oxidation sites excluding steroid dienone is 2. The van der Waals surface area contributed by atoms with E-state index in [2.05, 4.69) is 6.07 Å². The fourth-order valence-electron chi connectivity index (χ4n) is 2.30. The molecule has 0 fully saturated rings. The third kappa shape index (κ3) is 2.32. The highest BCUT2D eigenvalue weighted by atomic mass is 32.2. The quantitative estimate of drug-likeness (QED) is 0.769. The normalized spacial score (nSPS) is 24.1. The van der Waals surface area contributed by atoms with Gasteiger partial charge in [0.1, 0.15) is 0 Å². The van der Waals surface area contributed by atoms with Crippen LogP contribution in [0, 0.1) is 17.2 Å². The summed E-state index contributed by atoms with van der Waals surface area (Å²) >= 11 is 0. The van der Waals surface area contributed by atoms with Gasteiger partial charge in [0, 0.05) is 0 Å². The first-order valence-corrected chi connectivity index (χ1v) is 7.44. The number of hydrogen-bond donors (Lipinski definition) is 0. The maximum atomic E-state index is 12.5. The third-order valence-electron chi connectivity index (χ3n) is 3.33. The van der Waals surface area contributed by atoms with E-state index in [-0.39, 0.29) is 0 Å². The number of sulfone groups is 1. The number of benzene rings is 1. The van der Waals surface area contributed by atoms with Gasteiger partial charge in [-0.05, 0) is 31.9 Å². The van der Waals surface area contributed by atoms with E-state index in [1.165, 1.54) is 0 Å². The summed E-state index contributed by atoms with van der Waals surface area (Å²) in [6.45, 7) is 1.94. The van der Waals surface area contributed by atoms with Crippen molar-refractivity contribution in [2.24, 2.45) is 5.92 Å². The molecule has 0 saturated carbocycles. The second-order valence-electron chi connectivity index (χ2n) is 4.62. The lowest BCUT2D eigenvalue weighted by Gasteiger charge is -2.25. The molecule has 0 radical (unpaired) electrons. The highest BCUT2D eigenvalue weighted by Crippen LogP contribution is 2.32. The first kappa shape index (κ1) is 12.8. The molecule has 2 atom stereocenters. The zero-order chi connectivity index (χ0) is 13.2. The lowest BCUT2D eigenvalue weighted by Crippen LogP contribution is -2.31. The van der Waals surface area contributed by atoms with Crippen molar-refractivity contribution >= 4 is 9.84 Å². The Balaban J connectivity index is 2.40. The van der Waals surface area contributed by atoms with Crippen LogP contribution in [0.4, 0.5) is 0 Å². The van der Waals surface area contributed by atoms with Crippen molar-refractivity contribution in [3.8, 4) is 6.07 Å². The van der Waals surface area contributed by atoms with Gasteiger partial charge in [0.2, 0.25) is 0 Å². The smallest absolute Gasteiger partial charge is 0.182 e. The fourth-order valence-corrected chi connectivity index (χ4v) is 4.13. The summed E-state index contributed by atoms with van der Waals surface area (Å²) in [4.78, 5) is 0.309. The zero-order valence-corrected chi connectivity index (χ0v) is 11.0. The van der Waals surface area contributed by atoms with Crippen molar-refractivity contribution in [2.45, 2.75) is 29.9 Å². The van der Waals surface area contributed by atoms with Crippen molar-refractivity contribution in [3.63, 3.8) is 0 Å². The molecule has 0 aromatic heterocycles. The highest BCUT2D eigenvalue weighted by molar-refractivity contribution is 7.92. The summed E-state index contributed by atoms with van der Waals surface area (Å²) < 4.78 is 25.0. The van der Waals surface area contributed by atoms with Crippen molar-refractivity contribution in [3.05, 3.63) is 42.0 Å². The summed E-state index contributed by atoms with van der Waals surface area (Å²) in [5, 5.41) is 8.53. The van der Waals surface area contributed by atoms with Gasteiger partial charge in [-0.25, -0.2) is 8.42 Å². The largest absolute Gasteiger partial charge is 0.223 e. The summed E-state index contributed by atoms with van der Waals surface area (Å²) in [5.41, 5.74) is 1.10. The van der Waals surface area contributed by atoms with Gasteiger partial charge in [0.15, 0.2) is 9.84 Å². The van der Waals surface area contributed by atoms with Gasteiger partial charge in [-0.3, -0.25) is 0 Å². The van der Waals surface area contributed by atoms with Gasteiger partial charge in [0.25, 0.3) is 0 Å². The Labute approximate surface area is 108 Å². The molecule has 0 unspecified atom stereocenters. The van der Waals surface area contributed by atoms with Gasteiger partial charge in [0.05, 0.1) is 22.1 Å². The molecule has 0 aliphatic heterocycles. The Morgan fingerprint density at radius 2 is 1.94 bits per heavy atom. The molecule has 1 aliphatic rings. The van der Waals surface area contributed by atoms with Crippen LogP contribution in [0.15, 0.2) is 46.9 Å². The second kappa shape index (κ2) is 4.95. The molecule has 1 aliphatic carbocycles. The molecule has 2 rings (SSSR count). The fraction of sp³-hybridized carbons (Fsp3) is 0.357. The molecule has 94 valence electrons. The topological polar surface area (TPSA) is 57.9 Å². The van der Waals surface area contributed by atoms with Crippen LogP contribution in [-0.2, 0) is 9.84 Å². The average Bonchev–Trinajstić information content (AvgIpc) is 2.39. The molecule has 0 heterocycles. The van der Waals surface area contributed by atoms with E-state index in [9.17, 15) is 8.42 Å². The maximum Gasteiger partial charge on any atom is 0.182 e. The number of nitriles is 1. The molecule has 1 aromatic carbocycles. The highest BCUT2D eigenvalue weighted by Gasteiger charge is 2.36. The SMILES string of the molecule is CC1=CC[C@H](S(=O)(=O)c2ccccc2)[C@@H](C#N)C1. The molecule has 3 nitrogen and oxygen atoms in total. The van der Waals surface area contributed by atoms with Crippen LogP contribution in [0.2, 0.25) is 0 Å². The van der Waals surface area contributed by atoms with Crippen LogP contribution in [0.5, 0.6) is 0 Å². The monoisotopic (exact) mass is 261 g/mol. The van der Waals surface area contributed by atoms with Gasteiger partial charge in [-0.2, -0.15) is 5.26 Å². The minimum atomic E-state index is -3.41. The molecule has 0 bridgehead atoms. The standard InChI is InChI=1S/C14H15NO2S/c1-11-7-8-14(12(9-11)10-15)18(16,17)13-5-3-2-4-6-13/h2-7,12,14H,8-9H2,1H3/t12-,14+/m1/s1. The van der Waals surface area contributed by atoms with Crippen LogP contribution in [0.25, 0.3) is 0 Å². The van der Waals surface area contributed by atoms with Crippen LogP contribution in [0.1, 0.15) is 19.8 Å². The summed E-state index contributed by atoms with van der Waals surface area (Å²) in [6, 6.07) is 10.5. The predicted octanol–water partition coefficient (Wildman–Crippen LogP) is 2.71.